The monoisotopic (exact) mass is 200 g/mol. The smallest absolute Gasteiger partial charge is 0.140 e. The summed E-state index contributed by atoms with van der Waals surface area (Å²) in [7, 11) is 0. The van der Waals surface area contributed by atoms with Crippen LogP contribution in [0.25, 0.3) is 11.4 Å². The quantitative estimate of drug-likeness (QED) is 0.544. The minimum Gasteiger partial charge on any atom is -0.326 e. The highest BCUT2D eigenvalue weighted by Crippen LogP contribution is 2.30. The lowest BCUT2D eigenvalue weighted by Gasteiger charge is -1.94. The van der Waals surface area contributed by atoms with Gasteiger partial charge in [-0.1, -0.05) is 38.1 Å². The first-order valence-corrected chi connectivity index (χ1v) is 5.46. The van der Waals surface area contributed by atoms with Crippen LogP contribution in [-0.4, -0.2) is 9.55 Å². The molecule has 1 aliphatic heterocycles. The zero-order chi connectivity index (χ0) is 10.8. The lowest BCUT2D eigenvalue weighted by molar-refractivity contribution is 0.846. The highest BCUT2D eigenvalue weighted by Gasteiger charge is 2.18. The van der Waals surface area contributed by atoms with Gasteiger partial charge in [-0.15, -0.1) is 0 Å². The maximum atomic E-state index is 4.50. The zero-order valence-electron chi connectivity index (χ0n) is 9.49. The number of benzene rings is 1. The Morgan fingerprint density at radius 1 is 1.20 bits per heavy atom. The average molecular weight is 200 g/mol. The van der Waals surface area contributed by atoms with Gasteiger partial charge in [0.2, 0.25) is 0 Å². The number of rotatable bonds is 0. The molecule has 78 valence electrons. The summed E-state index contributed by atoms with van der Waals surface area (Å²) in [4.78, 5) is 4.50. The predicted molar refractivity (Wildman–Crippen MR) is 62.9 cm³/mol. The van der Waals surface area contributed by atoms with E-state index in [0.29, 0.717) is 0 Å². The van der Waals surface area contributed by atoms with Gasteiger partial charge < -0.3 is 4.57 Å². The molecule has 0 bridgehead atoms. The molecule has 3 rings (SSSR count). The molecule has 15 heavy (non-hydrogen) atoms. The van der Waals surface area contributed by atoms with Gasteiger partial charge in [0.05, 0.1) is 5.69 Å². The molecule has 2 nitrogen and oxygen atoms in total. The summed E-state index contributed by atoms with van der Waals surface area (Å²) in [5.74, 6) is 1.12. The Hall–Kier alpha value is -1.57. The minimum atomic E-state index is 0.979. The Kier molecular flexibility index (Phi) is 2.58. The lowest BCUT2D eigenvalue weighted by atomic mass is 10.1. The van der Waals surface area contributed by atoms with Crippen molar-refractivity contribution in [3.05, 3.63) is 41.7 Å². The molecule has 0 fully saturated rings. The van der Waals surface area contributed by atoms with Crippen LogP contribution in [0.5, 0.6) is 0 Å². The summed E-state index contributed by atoms with van der Waals surface area (Å²) in [5, 5.41) is 0. The molecule has 0 radical (unpaired) electrons. The molecular formula is C13H16N2. The number of aromatic nitrogens is 2. The van der Waals surface area contributed by atoms with Crippen LogP contribution in [0.4, 0.5) is 0 Å². The third-order valence-corrected chi connectivity index (χ3v) is 2.50. The van der Waals surface area contributed by atoms with Crippen molar-refractivity contribution in [1.82, 2.24) is 9.55 Å². The van der Waals surface area contributed by atoms with Gasteiger partial charge in [0, 0.05) is 18.3 Å². The van der Waals surface area contributed by atoms with Gasteiger partial charge in [0.15, 0.2) is 0 Å². The molecule has 1 aliphatic rings. The van der Waals surface area contributed by atoms with Crippen molar-refractivity contribution in [3.8, 4) is 11.4 Å². The lowest BCUT2D eigenvalue weighted by Crippen LogP contribution is -1.88. The van der Waals surface area contributed by atoms with Crippen LogP contribution in [0.2, 0.25) is 0 Å². The van der Waals surface area contributed by atoms with Gasteiger partial charge >= 0.3 is 0 Å². The molecule has 1 aromatic heterocycles. The number of hydrogen-bond acceptors (Lipinski definition) is 1. The van der Waals surface area contributed by atoms with Gasteiger partial charge in [-0.3, -0.25) is 0 Å². The SMILES string of the molecule is CC.Cc1cn2c(n1)-c1ccccc1C2. The normalized spacial score (nSPS) is 11.4. The van der Waals surface area contributed by atoms with Crippen molar-refractivity contribution >= 4 is 0 Å². The van der Waals surface area contributed by atoms with Crippen molar-refractivity contribution in [2.75, 3.05) is 0 Å². The van der Waals surface area contributed by atoms with E-state index in [-0.39, 0.29) is 0 Å². The molecule has 0 spiro atoms. The molecule has 2 heterocycles. The summed E-state index contributed by atoms with van der Waals surface area (Å²) < 4.78 is 2.21. The van der Waals surface area contributed by atoms with Crippen LogP contribution in [0.15, 0.2) is 30.5 Å². The molecule has 0 aliphatic carbocycles. The number of aryl methyl sites for hydroxylation is 1. The molecule has 2 heteroatoms. The second-order valence-corrected chi connectivity index (χ2v) is 3.49. The summed E-state index contributed by atoms with van der Waals surface area (Å²) in [6, 6.07) is 8.45. The van der Waals surface area contributed by atoms with E-state index in [0.717, 1.165) is 18.1 Å². The average Bonchev–Trinajstić information content (AvgIpc) is 2.77. The maximum Gasteiger partial charge on any atom is 0.140 e. The minimum absolute atomic E-state index is 0.979. The van der Waals surface area contributed by atoms with E-state index in [9.17, 15) is 0 Å². The van der Waals surface area contributed by atoms with E-state index in [1.165, 1.54) is 11.1 Å². The molecule has 0 saturated carbocycles. The van der Waals surface area contributed by atoms with Crippen LogP contribution in [0.1, 0.15) is 25.1 Å². The fourth-order valence-electron chi connectivity index (χ4n) is 1.94. The van der Waals surface area contributed by atoms with Gasteiger partial charge in [-0.2, -0.15) is 0 Å². The van der Waals surface area contributed by atoms with Gasteiger partial charge in [0.25, 0.3) is 0 Å². The fraction of sp³-hybridized carbons (Fsp3) is 0.308. The van der Waals surface area contributed by atoms with E-state index in [1.807, 2.05) is 20.8 Å². The molecule has 0 N–H and O–H groups in total. The second-order valence-electron chi connectivity index (χ2n) is 3.49. The largest absolute Gasteiger partial charge is 0.326 e. The maximum absolute atomic E-state index is 4.50. The molecule has 0 atom stereocenters. The fourth-order valence-corrected chi connectivity index (χ4v) is 1.94. The van der Waals surface area contributed by atoms with Crippen LogP contribution >= 0.6 is 0 Å². The third-order valence-electron chi connectivity index (χ3n) is 2.50. The Bertz CT molecular complexity index is 469. The number of nitrogens with zero attached hydrogens (tertiary/aromatic N) is 2. The van der Waals surface area contributed by atoms with Gasteiger partial charge in [-0.05, 0) is 12.5 Å². The number of imidazole rings is 1. The van der Waals surface area contributed by atoms with Crippen LogP contribution in [0, 0.1) is 6.92 Å². The van der Waals surface area contributed by atoms with E-state index in [1.54, 1.807) is 0 Å². The molecule has 0 unspecified atom stereocenters. The first-order chi connectivity index (χ1) is 7.34. The molecule has 2 aromatic rings. The van der Waals surface area contributed by atoms with E-state index < -0.39 is 0 Å². The predicted octanol–water partition coefficient (Wildman–Crippen LogP) is 3.25. The molecule has 1 aromatic carbocycles. The van der Waals surface area contributed by atoms with E-state index in [4.69, 9.17) is 0 Å². The number of fused-ring (bicyclic) bond motifs is 3. The second kappa shape index (κ2) is 3.89. The van der Waals surface area contributed by atoms with Crippen molar-refractivity contribution in [1.29, 1.82) is 0 Å². The van der Waals surface area contributed by atoms with Crippen LogP contribution < -0.4 is 0 Å². The highest BCUT2D eigenvalue weighted by atomic mass is 15.1. The van der Waals surface area contributed by atoms with Crippen molar-refractivity contribution in [2.24, 2.45) is 0 Å². The Balaban J connectivity index is 0.000000404. The van der Waals surface area contributed by atoms with E-state index in [2.05, 4.69) is 40.0 Å². The van der Waals surface area contributed by atoms with Crippen molar-refractivity contribution < 1.29 is 0 Å². The first kappa shape index (κ1) is 9.97. The van der Waals surface area contributed by atoms with Crippen LogP contribution in [0.3, 0.4) is 0 Å². The van der Waals surface area contributed by atoms with Gasteiger partial charge in [0.1, 0.15) is 5.82 Å². The standard InChI is InChI=1S/C11H10N2.C2H6/c1-8-6-13-7-9-4-2-3-5-10(9)11(13)12-8;1-2/h2-6H,7H2,1H3;1-2H3. The zero-order valence-corrected chi connectivity index (χ0v) is 9.49. The first-order valence-electron chi connectivity index (χ1n) is 5.46. The molecule has 0 saturated heterocycles. The Labute approximate surface area is 90.6 Å². The van der Waals surface area contributed by atoms with Gasteiger partial charge in [-0.25, -0.2) is 4.98 Å². The summed E-state index contributed by atoms with van der Waals surface area (Å²) in [5.41, 5.74) is 3.77. The topological polar surface area (TPSA) is 17.8 Å². The molecular weight excluding hydrogens is 184 g/mol. The number of hydrogen-bond donors (Lipinski definition) is 0. The van der Waals surface area contributed by atoms with E-state index >= 15 is 0 Å². The summed E-state index contributed by atoms with van der Waals surface area (Å²) >= 11 is 0. The molecule has 0 amide bonds. The Morgan fingerprint density at radius 3 is 2.73 bits per heavy atom. The summed E-state index contributed by atoms with van der Waals surface area (Å²) in [6.07, 6.45) is 2.11. The third kappa shape index (κ3) is 1.56. The van der Waals surface area contributed by atoms with Crippen LogP contribution in [-0.2, 0) is 6.54 Å². The summed E-state index contributed by atoms with van der Waals surface area (Å²) in [6.45, 7) is 7.01. The van der Waals surface area contributed by atoms with Crippen molar-refractivity contribution in [3.63, 3.8) is 0 Å². The highest BCUT2D eigenvalue weighted by molar-refractivity contribution is 5.64. The van der Waals surface area contributed by atoms with Crippen molar-refractivity contribution in [2.45, 2.75) is 27.3 Å². The Morgan fingerprint density at radius 2 is 1.93 bits per heavy atom.